The standard InChI is InChI=1S/C21H15IN2O2S/c1-24-20(26)19(11-13-6-9-18(25)17(22)10-13)27-21(24)23-16-8-7-14-4-2-3-5-15(14)12-16/h2-12,25H,1H3/b19-11-,23-21?. The first kappa shape index (κ1) is 18.1. The first-order chi connectivity index (χ1) is 13.0. The number of carbonyl (C=O) groups excluding carboxylic acids is 1. The van der Waals surface area contributed by atoms with Gasteiger partial charge in [-0.25, -0.2) is 4.99 Å². The number of hydrogen-bond acceptors (Lipinski definition) is 4. The van der Waals surface area contributed by atoms with Crippen molar-refractivity contribution in [3.63, 3.8) is 0 Å². The first-order valence-corrected chi connectivity index (χ1v) is 10.1. The molecule has 6 heteroatoms. The Bertz CT molecular complexity index is 1120. The molecule has 4 nitrogen and oxygen atoms in total. The summed E-state index contributed by atoms with van der Waals surface area (Å²) in [7, 11) is 1.73. The third kappa shape index (κ3) is 3.72. The predicted octanol–water partition coefficient (Wildman–Crippen LogP) is 5.38. The molecule has 1 aliphatic rings. The Hall–Kier alpha value is -2.32. The molecule has 4 rings (SSSR count). The summed E-state index contributed by atoms with van der Waals surface area (Å²) in [6, 6.07) is 19.4. The number of hydrogen-bond donors (Lipinski definition) is 1. The van der Waals surface area contributed by atoms with Crippen LogP contribution < -0.4 is 0 Å². The molecular formula is C21H15IN2O2S. The number of amides is 1. The van der Waals surface area contributed by atoms with Crippen LogP contribution in [-0.2, 0) is 4.79 Å². The molecular weight excluding hydrogens is 471 g/mol. The minimum absolute atomic E-state index is 0.0809. The Labute approximate surface area is 174 Å². The lowest BCUT2D eigenvalue weighted by molar-refractivity contribution is -0.121. The van der Waals surface area contributed by atoms with Gasteiger partial charge in [0.2, 0.25) is 0 Å². The Balaban J connectivity index is 1.65. The molecule has 0 saturated carbocycles. The Morgan fingerprint density at radius 2 is 1.85 bits per heavy atom. The highest BCUT2D eigenvalue weighted by molar-refractivity contribution is 14.1. The summed E-state index contributed by atoms with van der Waals surface area (Å²) in [5.41, 5.74) is 1.68. The minimum Gasteiger partial charge on any atom is -0.507 e. The van der Waals surface area contributed by atoms with E-state index in [0.29, 0.717) is 10.1 Å². The lowest BCUT2D eigenvalue weighted by Crippen LogP contribution is -2.23. The van der Waals surface area contributed by atoms with Gasteiger partial charge in [0.1, 0.15) is 5.75 Å². The summed E-state index contributed by atoms with van der Waals surface area (Å²) < 4.78 is 0.746. The zero-order valence-electron chi connectivity index (χ0n) is 14.4. The third-order valence-corrected chi connectivity index (χ3v) is 6.16. The van der Waals surface area contributed by atoms with Gasteiger partial charge >= 0.3 is 0 Å². The summed E-state index contributed by atoms with van der Waals surface area (Å²) in [6.07, 6.45) is 1.83. The molecule has 0 aromatic heterocycles. The fourth-order valence-electron chi connectivity index (χ4n) is 2.77. The van der Waals surface area contributed by atoms with Crippen molar-refractivity contribution in [2.24, 2.45) is 4.99 Å². The van der Waals surface area contributed by atoms with Crippen molar-refractivity contribution in [3.05, 3.63) is 74.7 Å². The molecule has 0 bridgehead atoms. The van der Waals surface area contributed by atoms with E-state index in [1.807, 2.05) is 48.5 Å². The van der Waals surface area contributed by atoms with Gasteiger partial charge in [-0.1, -0.05) is 36.4 Å². The van der Waals surface area contributed by atoms with Crippen LogP contribution in [0.1, 0.15) is 5.56 Å². The Morgan fingerprint density at radius 1 is 1.07 bits per heavy atom. The SMILES string of the molecule is CN1C(=O)/C(=C/c2ccc(O)c(I)c2)SC1=Nc1ccc2ccccc2c1. The van der Waals surface area contributed by atoms with E-state index in [0.717, 1.165) is 25.6 Å². The normalized spacial score (nSPS) is 17.4. The maximum Gasteiger partial charge on any atom is 0.266 e. The third-order valence-electron chi connectivity index (χ3n) is 4.23. The number of fused-ring (bicyclic) bond motifs is 1. The van der Waals surface area contributed by atoms with E-state index >= 15 is 0 Å². The molecule has 134 valence electrons. The highest BCUT2D eigenvalue weighted by Crippen LogP contribution is 2.34. The number of carbonyl (C=O) groups is 1. The number of aliphatic imine (C=N–C) groups is 1. The van der Waals surface area contributed by atoms with E-state index in [1.54, 1.807) is 24.1 Å². The van der Waals surface area contributed by atoms with Crippen LogP contribution in [-0.4, -0.2) is 28.1 Å². The van der Waals surface area contributed by atoms with E-state index in [-0.39, 0.29) is 11.7 Å². The van der Waals surface area contributed by atoms with Gasteiger partial charge in [0.15, 0.2) is 5.17 Å². The Kier molecular flexibility index (Phi) is 4.92. The molecule has 0 unspecified atom stereocenters. The number of likely N-dealkylation sites (N-methyl/N-ethyl adjacent to an activating group) is 1. The highest BCUT2D eigenvalue weighted by atomic mass is 127. The predicted molar refractivity (Wildman–Crippen MR) is 120 cm³/mol. The fourth-order valence-corrected chi connectivity index (χ4v) is 4.30. The van der Waals surface area contributed by atoms with E-state index in [4.69, 9.17) is 0 Å². The van der Waals surface area contributed by atoms with Gasteiger partial charge in [-0.2, -0.15) is 0 Å². The van der Waals surface area contributed by atoms with Crippen molar-refractivity contribution >= 4 is 68.0 Å². The summed E-state index contributed by atoms with van der Waals surface area (Å²) >= 11 is 3.42. The monoisotopic (exact) mass is 486 g/mol. The molecule has 27 heavy (non-hydrogen) atoms. The number of rotatable bonds is 2. The molecule has 0 aliphatic carbocycles. The van der Waals surface area contributed by atoms with Crippen molar-refractivity contribution in [3.8, 4) is 5.75 Å². The number of benzene rings is 3. The number of phenolic OH excluding ortho intramolecular Hbond substituents is 1. The summed E-state index contributed by atoms with van der Waals surface area (Å²) in [5, 5.41) is 12.6. The molecule has 0 spiro atoms. The summed E-state index contributed by atoms with van der Waals surface area (Å²) in [6.45, 7) is 0. The first-order valence-electron chi connectivity index (χ1n) is 8.25. The number of halogens is 1. The van der Waals surface area contributed by atoms with Gasteiger partial charge in [0.05, 0.1) is 14.2 Å². The number of amidine groups is 1. The van der Waals surface area contributed by atoms with Crippen LogP contribution in [0.5, 0.6) is 5.75 Å². The van der Waals surface area contributed by atoms with Crippen molar-refractivity contribution in [1.29, 1.82) is 0 Å². The van der Waals surface area contributed by atoms with Crippen molar-refractivity contribution in [2.75, 3.05) is 7.05 Å². The molecule has 0 radical (unpaired) electrons. The molecule has 1 amide bonds. The molecule has 3 aromatic carbocycles. The smallest absolute Gasteiger partial charge is 0.266 e. The van der Waals surface area contributed by atoms with E-state index in [2.05, 4.69) is 33.6 Å². The van der Waals surface area contributed by atoms with Crippen LogP contribution in [0, 0.1) is 3.57 Å². The zero-order chi connectivity index (χ0) is 19.0. The van der Waals surface area contributed by atoms with Gasteiger partial charge in [0.25, 0.3) is 5.91 Å². The van der Waals surface area contributed by atoms with Gasteiger partial charge in [-0.05, 0) is 81.0 Å². The number of phenols is 1. The van der Waals surface area contributed by atoms with E-state index in [9.17, 15) is 9.90 Å². The second-order valence-corrected chi connectivity index (χ2v) is 8.28. The quantitative estimate of drug-likeness (QED) is 0.391. The zero-order valence-corrected chi connectivity index (χ0v) is 17.4. The van der Waals surface area contributed by atoms with Crippen LogP contribution in [0.4, 0.5) is 5.69 Å². The van der Waals surface area contributed by atoms with Crippen molar-refractivity contribution in [1.82, 2.24) is 4.90 Å². The molecule has 0 atom stereocenters. The van der Waals surface area contributed by atoms with Crippen molar-refractivity contribution in [2.45, 2.75) is 0 Å². The molecule has 1 aliphatic heterocycles. The van der Waals surface area contributed by atoms with E-state index in [1.165, 1.54) is 11.8 Å². The average molecular weight is 486 g/mol. The van der Waals surface area contributed by atoms with Crippen LogP contribution >= 0.6 is 34.4 Å². The summed E-state index contributed by atoms with van der Waals surface area (Å²) in [4.78, 5) is 19.4. The second-order valence-electron chi connectivity index (χ2n) is 6.11. The average Bonchev–Trinajstić information content (AvgIpc) is 2.92. The number of thioether (sulfide) groups is 1. The van der Waals surface area contributed by atoms with Crippen LogP contribution in [0.2, 0.25) is 0 Å². The maximum absolute atomic E-state index is 12.6. The highest BCUT2D eigenvalue weighted by Gasteiger charge is 2.30. The van der Waals surface area contributed by atoms with Gasteiger partial charge in [-0.15, -0.1) is 0 Å². The molecule has 1 fully saturated rings. The molecule has 1 saturated heterocycles. The lowest BCUT2D eigenvalue weighted by Gasteiger charge is -2.07. The summed E-state index contributed by atoms with van der Waals surface area (Å²) in [5.74, 6) is 0.154. The maximum atomic E-state index is 12.6. The van der Waals surface area contributed by atoms with Gasteiger partial charge < -0.3 is 5.11 Å². The largest absolute Gasteiger partial charge is 0.507 e. The topological polar surface area (TPSA) is 52.9 Å². The van der Waals surface area contributed by atoms with Gasteiger partial charge in [0, 0.05) is 7.05 Å². The number of aromatic hydroxyl groups is 1. The van der Waals surface area contributed by atoms with E-state index < -0.39 is 0 Å². The molecule has 1 heterocycles. The van der Waals surface area contributed by atoms with Crippen molar-refractivity contribution < 1.29 is 9.90 Å². The fraction of sp³-hybridized carbons (Fsp3) is 0.0476. The molecule has 3 aromatic rings. The van der Waals surface area contributed by atoms with Gasteiger partial charge in [-0.3, -0.25) is 9.69 Å². The minimum atomic E-state index is -0.0809. The molecule has 1 N–H and O–H groups in total. The van der Waals surface area contributed by atoms with Crippen LogP contribution in [0.25, 0.3) is 16.8 Å². The lowest BCUT2D eigenvalue weighted by atomic mass is 10.1. The van der Waals surface area contributed by atoms with Crippen LogP contribution in [0.3, 0.4) is 0 Å². The second kappa shape index (κ2) is 7.36. The van der Waals surface area contributed by atoms with Crippen LogP contribution in [0.15, 0.2) is 70.6 Å². The Morgan fingerprint density at radius 3 is 2.63 bits per heavy atom. The number of nitrogens with zero attached hydrogens (tertiary/aromatic N) is 2.